The molecule has 0 saturated carbocycles. The number of benzene rings is 2. The van der Waals surface area contributed by atoms with E-state index in [9.17, 15) is 14.4 Å². The highest BCUT2D eigenvalue weighted by Crippen LogP contribution is 2.20. The first-order chi connectivity index (χ1) is 14.3. The van der Waals surface area contributed by atoms with Crippen LogP contribution in [0, 0.1) is 20.8 Å². The lowest BCUT2D eigenvalue weighted by Gasteiger charge is -2.11. The number of carbonyl (C=O) groups is 3. The van der Waals surface area contributed by atoms with Crippen LogP contribution in [0.25, 0.3) is 10.9 Å². The summed E-state index contributed by atoms with van der Waals surface area (Å²) in [5.74, 6) is -1.65. The molecule has 0 radical (unpaired) electrons. The van der Waals surface area contributed by atoms with Gasteiger partial charge in [0.15, 0.2) is 6.61 Å². The number of amides is 1. The summed E-state index contributed by atoms with van der Waals surface area (Å²) in [7, 11) is 1.28. The molecule has 0 aliphatic rings. The average molecular weight is 406 g/mol. The van der Waals surface area contributed by atoms with Crippen molar-refractivity contribution in [1.29, 1.82) is 0 Å². The minimum absolute atomic E-state index is 0.309. The van der Waals surface area contributed by atoms with Crippen LogP contribution in [0.15, 0.2) is 42.5 Å². The summed E-state index contributed by atoms with van der Waals surface area (Å²) in [6.45, 7) is 5.00. The summed E-state index contributed by atoms with van der Waals surface area (Å²) in [5, 5.41) is 3.47. The molecule has 1 N–H and O–H groups in total. The highest BCUT2D eigenvalue weighted by Gasteiger charge is 2.16. The lowest BCUT2D eigenvalue weighted by molar-refractivity contribution is -0.119. The van der Waals surface area contributed by atoms with Gasteiger partial charge in [0.2, 0.25) is 0 Å². The monoisotopic (exact) mass is 406 g/mol. The van der Waals surface area contributed by atoms with E-state index >= 15 is 0 Å². The van der Waals surface area contributed by atoms with E-state index in [1.54, 1.807) is 32.0 Å². The molecule has 0 spiro atoms. The zero-order valence-corrected chi connectivity index (χ0v) is 17.2. The third kappa shape index (κ3) is 4.63. The number of carbonyl (C=O) groups excluding carboxylic acids is 3. The molecule has 7 heteroatoms. The normalized spacial score (nSPS) is 10.5. The molecule has 0 fully saturated rings. The van der Waals surface area contributed by atoms with Crippen LogP contribution in [0.4, 0.5) is 5.69 Å². The van der Waals surface area contributed by atoms with Crippen LogP contribution in [0.3, 0.4) is 0 Å². The van der Waals surface area contributed by atoms with Gasteiger partial charge in [0.1, 0.15) is 0 Å². The van der Waals surface area contributed by atoms with Crippen molar-refractivity contribution in [3.63, 3.8) is 0 Å². The second kappa shape index (κ2) is 8.73. The number of hydrogen-bond donors (Lipinski definition) is 1. The highest BCUT2D eigenvalue weighted by molar-refractivity contribution is 5.99. The van der Waals surface area contributed by atoms with Crippen LogP contribution >= 0.6 is 0 Å². The van der Waals surface area contributed by atoms with Crippen molar-refractivity contribution in [2.75, 3.05) is 19.0 Å². The van der Waals surface area contributed by atoms with Gasteiger partial charge in [-0.3, -0.25) is 9.78 Å². The number of nitrogens with one attached hydrogen (secondary N) is 1. The Morgan fingerprint density at radius 1 is 0.967 bits per heavy atom. The molecule has 0 saturated heterocycles. The smallest absolute Gasteiger partial charge is 0.340 e. The van der Waals surface area contributed by atoms with E-state index in [1.807, 2.05) is 25.1 Å². The number of hydrogen-bond acceptors (Lipinski definition) is 6. The number of pyridine rings is 1. The largest absolute Gasteiger partial charge is 0.465 e. The zero-order valence-electron chi connectivity index (χ0n) is 17.2. The Balaban J connectivity index is 1.69. The van der Waals surface area contributed by atoms with Crippen molar-refractivity contribution in [3.05, 3.63) is 70.4 Å². The van der Waals surface area contributed by atoms with Crippen molar-refractivity contribution in [1.82, 2.24) is 4.98 Å². The van der Waals surface area contributed by atoms with Gasteiger partial charge in [-0.15, -0.1) is 0 Å². The first kappa shape index (κ1) is 21.0. The Hall–Kier alpha value is -3.74. The third-order valence-corrected chi connectivity index (χ3v) is 4.65. The maximum Gasteiger partial charge on any atom is 0.340 e. The molecule has 1 heterocycles. The minimum Gasteiger partial charge on any atom is -0.465 e. The van der Waals surface area contributed by atoms with Gasteiger partial charge in [-0.05, 0) is 56.7 Å². The van der Waals surface area contributed by atoms with Gasteiger partial charge in [0, 0.05) is 11.1 Å². The zero-order chi connectivity index (χ0) is 21.8. The molecule has 30 heavy (non-hydrogen) atoms. The van der Waals surface area contributed by atoms with Crippen LogP contribution in [0.1, 0.15) is 37.5 Å². The maximum atomic E-state index is 12.5. The summed E-state index contributed by atoms with van der Waals surface area (Å²) in [4.78, 5) is 40.9. The molecule has 3 aromatic rings. The topological polar surface area (TPSA) is 94.6 Å². The van der Waals surface area contributed by atoms with E-state index in [2.05, 4.69) is 15.0 Å². The molecule has 0 unspecified atom stereocenters. The molecule has 3 rings (SSSR count). The Morgan fingerprint density at radius 2 is 1.73 bits per heavy atom. The summed E-state index contributed by atoms with van der Waals surface area (Å²) in [5.41, 5.74) is 4.18. The number of fused-ring (bicyclic) bond motifs is 1. The number of ether oxygens (including phenoxy) is 2. The van der Waals surface area contributed by atoms with E-state index < -0.39 is 24.5 Å². The Kier molecular flexibility index (Phi) is 6.11. The van der Waals surface area contributed by atoms with Crippen LogP contribution in [-0.4, -0.2) is 36.5 Å². The first-order valence-electron chi connectivity index (χ1n) is 9.32. The molecular weight excluding hydrogens is 384 g/mol. The second-order valence-electron chi connectivity index (χ2n) is 6.96. The standard InChI is InChI=1S/C23H22N2O5/c1-13-5-8-19-17(9-13)10-18(15(3)24-19)23(28)30-12-21(26)25-20-11-16(22(27)29-4)7-6-14(20)2/h5-11H,12H2,1-4H3,(H,25,26). The molecule has 7 nitrogen and oxygen atoms in total. The van der Waals surface area contributed by atoms with E-state index in [4.69, 9.17) is 4.74 Å². The number of esters is 2. The van der Waals surface area contributed by atoms with Gasteiger partial charge in [-0.2, -0.15) is 0 Å². The molecule has 0 bridgehead atoms. The van der Waals surface area contributed by atoms with Crippen LogP contribution < -0.4 is 5.32 Å². The molecule has 0 aliphatic carbocycles. The fourth-order valence-electron chi connectivity index (χ4n) is 3.00. The van der Waals surface area contributed by atoms with Gasteiger partial charge in [-0.1, -0.05) is 17.7 Å². The predicted molar refractivity (Wildman–Crippen MR) is 113 cm³/mol. The molecule has 1 amide bonds. The Morgan fingerprint density at radius 3 is 2.47 bits per heavy atom. The van der Waals surface area contributed by atoms with Gasteiger partial charge >= 0.3 is 11.9 Å². The predicted octanol–water partition coefficient (Wildman–Crippen LogP) is 3.74. The summed E-state index contributed by atoms with van der Waals surface area (Å²) in [6, 6.07) is 12.3. The van der Waals surface area contributed by atoms with E-state index in [-0.39, 0.29) is 0 Å². The average Bonchev–Trinajstić information content (AvgIpc) is 2.72. The van der Waals surface area contributed by atoms with Gasteiger partial charge < -0.3 is 14.8 Å². The number of nitrogens with zero attached hydrogens (tertiary/aromatic N) is 1. The van der Waals surface area contributed by atoms with Crippen molar-refractivity contribution >= 4 is 34.4 Å². The summed E-state index contributed by atoms with van der Waals surface area (Å²) in [6.07, 6.45) is 0. The number of anilines is 1. The molecule has 2 aromatic carbocycles. The first-order valence-corrected chi connectivity index (χ1v) is 9.32. The lowest BCUT2D eigenvalue weighted by atomic mass is 10.1. The van der Waals surface area contributed by atoms with E-state index in [1.165, 1.54) is 13.2 Å². The quantitative estimate of drug-likeness (QED) is 0.649. The van der Waals surface area contributed by atoms with Crippen LogP contribution in [0.2, 0.25) is 0 Å². The fourth-order valence-corrected chi connectivity index (χ4v) is 3.00. The third-order valence-electron chi connectivity index (χ3n) is 4.65. The van der Waals surface area contributed by atoms with Gasteiger partial charge in [-0.25, -0.2) is 9.59 Å². The fraction of sp³-hybridized carbons (Fsp3) is 0.217. The molecule has 0 aliphatic heterocycles. The molecule has 0 atom stereocenters. The van der Waals surface area contributed by atoms with Crippen molar-refractivity contribution in [3.8, 4) is 0 Å². The van der Waals surface area contributed by atoms with Crippen molar-refractivity contribution in [2.45, 2.75) is 20.8 Å². The molecular formula is C23H22N2O5. The number of methoxy groups -OCH3 is 1. The summed E-state index contributed by atoms with van der Waals surface area (Å²) >= 11 is 0. The summed E-state index contributed by atoms with van der Waals surface area (Å²) < 4.78 is 9.86. The number of aromatic nitrogens is 1. The van der Waals surface area contributed by atoms with Crippen LogP contribution in [-0.2, 0) is 14.3 Å². The lowest BCUT2D eigenvalue weighted by Crippen LogP contribution is -2.22. The molecule has 1 aromatic heterocycles. The Bertz CT molecular complexity index is 1150. The van der Waals surface area contributed by atoms with Crippen molar-refractivity contribution in [2.24, 2.45) is 0 Å². The van der Waals surface area contributed by atoms with Gasteiger partial charge in [0.25, 0.3) is 5.91 Å². The second-order valence-corrected chi connectivity index (χ2v) is 6.96. The highest BCUT2D eigenvalue weighted by atomic mass is 16.5. The van der Waals surface area contributed by atoms with Gasteiger partial charge in [0.05, 0.1) is 29.4 Å². The number of aryl methyl sites for hydroxylation is 3. The Labute approximate surface area is 174 Å². The molecule has 154 valence electrons. The maximum absolute atomic E-state index is 12.5. The van der Waals surface area contributed by atoms with Crippen molar-refractivity contribution < 1.29 is 23.9 Å². The van der Waals surface area contributed by atoms with Crippen LogP contribution in [0.5, 0.6) is 0 Å². The minimum atomic E-state index is -0.626. The SMILES string of the molecule is COC(=O)c1ccc(C)c(NC(=O)COC(=O)c2cc3cc(C)ccc3nc2C)c1. The number of rotatable bonds is 5. The van der Waals surface area contributed by atoms with E-state index in [0.29, 0.717) is 22.5 Å². The van der Waals surface area contributed by atoms with E-state index in [0.717, 1.165) is 22.0 Å².